The van der Waals surface area contributed by atoms with Gasteiger partial charge in [0, 0.05) is 12.1 Å². The van der Waals surface area contributed by atoms with Gasteiger partial charge < -0.3 is 4.98 Å². The van der Waals surface area contributed by atoms with E-state index in [9.17, 15) is 4.79 Å². The fourth-order valence-electron chi connectivity index (χ4n) is 1.86. The Labute approximate surface area is 94.3 Å². The van der Waals surface area contributed by atoms with Gasteiger partial charge in [0.15, 0.2) is 0 Å². The van der Waals surface area contributed by atoms with Crippen LogP contribution in [-0.4, -0.2) is 14.6 Å². The van der Waals surface area contributed by atoms with Crippen LogP contribution in [0.15, 0.2) is 16.9 Å². The molecular formula is C12H17N3O. The van der Waals surface area contributed by atoms with Gasteiger partial charge in [-0.25, -0.2) is 4.52 Å². The predicted octanol–water partition coefficient (Wildman–Crippen LogP) is 2.10. The molecule has 0 aromatic carbocycles. The number of fused-ring (bicyclic) bond motifs is 1. The Morgan fingerprint density at radius 1 is 1.44 bits per heavy atom. The Hall–Kier alpha value is -1.58. The van der Waals surface area contributed by atoms with Crippen molar-refractivity contribution in [2.75, 3.05) is 0 Å². The molecule has 0 aliphatic rings. The number of rotatable bonds is 3. The van der Waals surface area contributed by atoms with E-state index in [2.05, 4.69) is 30.9 Å². The second-order valence-electron chi connectivity index (χ2n) is 4.40. The van der Waals surface area contributed by atoms with E-state index in [1.54, 1.807) is 6.07 Å². The smallest absolute Gasteiger partial charge is 0.251 e. The van der Waals surface area contributed by atoms with E-state index >= 15 is 0 Å². The second kappa shape index (κ2) is 4.12. The molecule has 0 saturated heterocycles. The lowest BCUT2D eigenvalue weighted by Crippen LogP contribution is -2.12. The molecule has 86 valence electrons. The fraction of sp³-hybridized carbons (Fsp3) is 0.500. The summed E-state index contributed by atoms with van der Waals surface area (Å²) in [6.45, 7) is 6.25. The van der Waals surface area contributed by atoms with Crippen molar-refractivity contribution in [2.24, 2.45) is 0 Å². The van der Waals surface area contributed by atoms with Gasteiger partial charge >= 0.3 is 0 Å². The summed E-state index contributed by atoms with van der Waals surface area (Å²) >= 11 is 0. The third-order valence-corrected chi connectivity index (χ3v) is 2.63. The molecule has 0 saturated carbocycles. The zero-order chi connectivity index (χ0) is 11.7. The zero-order valence-electron chi connectivity index (χ0n) is 9.95. The first-order valence-electron chi connectivity index (χ1n) is 5.73. The summed E-state index contributed by atoms with van der Waals surface area (Å²) in [5, 5.41) is 4.51. The number of aryl methyl sites for hydroxylation is 1. The minimum atomic E-state index is -0.0563. The number of aromatic nitrogens is 3. The number of hydrogen-bond acceptors (Lipinski definition) is 2. The molecule has 2 rings (SSSR count). The highest BCUT2D eigenvalue weighted by atomic mass is 16.1. The summed E-state index contributed by atoms with van der Waals surface area (Å²) < 4.78 is 1.84. The highest BCUT2D eigenvalue weighted by molar-refractivity contribution is 5.40. The van der Waals surface area contributed by atoms with Crippen LogP contribution in [0.4, 0.5) is 0 Å². The van der Waals surface area contributed by atoms with Crippen molar-refractivity contribution in [3.05, 3.63) is 33.9 Å². The minimum absolute atomic E-state index is 0.0563. The van der Waals surface area contributed by atoms with Crippen LogP contribution in [0, 0.1) is 0 Å². The summed E-state index contributed by atoms with van der Waals surface area (Å²) in [4.78, 5) is 14.3. The quantitative estimate of drug-likeness (QED) is 0.859. The maximum atomic E-state index is 11.5. The number of nitrogens with one attached hydrogen (secondary N) is 1. The maximum Gasteiger partial charge on any atom is 0.251 e. The molecule has 0 spiro atoms. The van der Waals surface area contributed by atoms with Gasteiger partial charge in [0.25, 0.3) is 5.56 Å². The number of aromatic amines is 1. The van der Waals surface area contributed by atoms with Gasteiger partial charge in [-0.15, -0.1) is 0 Å². The molecule has 0 atom stereocenters. The van der Waals surface area contributed by atoms with E-state index in [1.165, 1.54) is 0 Å². The Kier molecular flexibility index (Phi) is 2.81. The molecule has 0 bridgehead atoms. The van der Waals surface area contributed by atoms with Crippen molar-refractivity contribution >= 4 is 5.65 Å². The number of hydrogen-bond donors (Lipinski definition) is 1. The van der Waals surface area contributed by atoms with Crippen LogP contribution in [0.3, 0.4) is 0 Å². The number of H-pyrrole nitrogens is 1. The van der Waals surface area contributed by atoms with E-state index in [1.807, 2.05) is 10.6 Å². The molecule has 16 heavy (non-hydrogen) atoms. The molecule has 0 unspecified atom stereocenters. The van der Waals surface area contributed by atoms with Crippen molar-refractivity contribution in [3.8, 4) is 0 Å². The molecule has 1 N–H and O–H groups in total. The largest absolute Gasteiger partial charge is 0.307 e. The Morgan fingerprint density at radius 2 is 2.19 bits per heavy atom. The summed E-state index contributed by atoms with van der Waals surface area (Å²) in [6, 6.07) is 3.58. The van der Waals surface area contributed by atoms with Crippen LogP contribution in [-0.2, 0) is 6.42 Å². The normalized spacial score (nSPS) is 11.5. The first-order valence-corrected chi connectivity index (χ1v) is 5.73. The van der Waals surface area contributed by atoms with Gasteiger partial charge in [0.1, 0.15) is 5.65 Å². The lowest BCUT2D eigenvalue weighted by Gasteiger charge is -2.06. The van der Waals surface area contributed by atoms with Crippen LogP contribution in [0.5, 0.6) is 0 Å². The third kappa shape index (κ3) is 1.87. The molecule has 0 radical (unpaired) electrons. The Balaban J connectivity index is 2.65. The fourth-order valence-corrected chi connectivity index (χ4v) is 1.86. The van der Waals surface area contributed by atoms with Gasteiger partial charge in [-0.05, 0) is 12.3 Å². The SMILES string of the molecule is CCCc1cc2[nH]c(=O)cc(C(C)C)n2n1. The summed E-state index contributed by atoms with van der Waals surface area (Å²) in [5.41, 5.74) is 2.73. The Morgan fingerprint density at radius 3 is 2.81 bits per heavy atom. The summed E-state index contributed by atoms with van der Waals surface area (Å²) in [5.74, 6) is 0.291. The van der Waals surface area contributed by atoms with Gasteiger partial charge in [0.05, 0.1) is 11.4 Å². The van der Waals surface area contributed by atoms with Gasteiger partial charge in [-0.2, -0.15) is 5.10 Å². The van der Waals surface area contributed by atoms with E-state index in [0.29, 0.717) is 5.92 Å². The van der Waals surface area contributed by atoms with Crippen LogP contribution >= 0.6 is 0 Å². The lowest BCUT2D eigenvalue weighted by atomic mass is 10.1. The van der Waals surface area contributed by atoms with Crippen molar-refractivity contribution in [3.63, 3.8) is 0 Å². The van der Waals surface area contributed by atoms with E-state index in [-0.39, 0.29) is 5.56 Å². The molecule has 4 heteroatoms. The third-order valence-electron chi connectivity index (χ3n) is 2.63. The molecule has 2 aromatic rings. The molecule has 2 heterocycles. The highest BCUT2D eigenvalue weighted by Gasteiger charge is 2.09. The van der Waals surface area contributed by atoms with Crippen molar-refractivity contribution in [1.82, 2.24) is 14.6 Å². The standard InChI is InChI=1S/C12H17N3O/c1-4-5-9-6-11-13-12(16)7-10(8(2)3)15(11)14-9/h6-8H,4-5H2,1-3H3,(H,13,16). The van der Waals surface area contributed by atoms with Crippen molar-refractivity contribution < 1.29 is 0 Å². The molecule has 0 amide bonds. The molecule has 2 aromatic heterocycles. The predicted molar refractivity (Wildman–Crippen MR) is 63.9 cm³/mol. The average Bonchev–Trinajstić information content (AvgIpc) is 2.59. The second-order valence-corrected chi connectivity index (χ2v) is 4.40. The average molecular weight is 219 g/mol. The summed E-state index contributed by atoms with van der Waals surface area (Å²) in [7, 11) is 0. The molecule has 0 aliphatic carbocycles. The van der Waals surface area contributed by atoms with E-state index in [4.69, 9.17) is 0 Å². The maximum absolute atomic E-state index is 11.5. The minimum Gasteiger partial charge on any atom is -0.307 e. The van der Waals surface area contributed by atoms with E-state index in [0.717, 1.165) is 29.9 Å². The number of nitrogens with zero attached hydrogens (tertiary/aromatic N) is 2. The van der Waals surface area contributed by atoms with Crippen LogP contribution in [0.25, 0.3) is 5.65 Å². The van der Waals surface area contributed by atoms with Gasteiger partial charge in [0.2, 0.25) is 0 Å². The topological polar surface area (TPSA) is 50.2 Å². The molecule has 0 fully saturated rings. The zero-order valence-corrected chi connectivity index (χ0v) is 9.95. The van der Waals surface area contributed by atoms with Crippen LogP contribution in [0.2, 0.25) is 0 Å². The first-order chi connectivity index (χ1) is 7.61. The van der Waals surface area contributed by atoms with Crippen LogP contribution < -0.4 is 5.56 Å². The van der Waals surface area contributed by atoms with Gasteiger partial charge in [-0.3, -0.25) is 4.79 Å². The molecule has 4 nitrogen and oxygen atoms in total. The monoisotopic (exact) mass is 219 g/mol. The molecular weight excluding hydrogens is 202 g/mol. The lowest BCUT2D eigenvalue weighted by molar-refractivity contribution is 0.730. The Bertz CT molecular complexity index is 551. The van der Waals surface area contributed by atoms with Crippen LogP contribution in [0.1, 0.15) is 44.5 Å². The van der Waals surface area contributed by atoms with Crippen molar-refractivity contribution in [2.45, 2.75) is 39.5 Å². The highest BCUT2D eigenvalue weighted by Crippen LogP contribution is 2.14. The van der Waals surface area contributed by atoms with E-state index < -0.39 is 0 Å². The first kappa shape index (κ1) is 10.9. The van der Waals surface area contributed by atoms with Gasteiger partial charge in [-0.1, -0.05) is 27.2 Å². The molecule has 0 aliphatic heterocycles. The summed E-state index contributed by atoms with van der Waals surface area (Å²) in [6.07, 6.45) is 2.01. The van der Waals surface area contributed by atoms with Crippen molar-refractivity contribution in [1.29, 1.82) is 0 Å².